The van der Waals surface area contributed by atoms with Crippen molar-refractivity contribution in [1.82, 2.24) is 25.0 Å². The van der Waals surface area contributed by atoms with E-state index in [1.165, 1.54) is 0 Å². The van der Waals surface area contributed by atoms with Crippen LogP contribution in [0.5, 0.6) is 0 Å². The second kappa shape index (κ2) is 7.04. The lowest BCUT2D eigenvalue weighted by molar-refractivity contribution is 0.182. The van der Waals surface area contributed by atoms with Crippen LogP contribution in [-0.2, 0) is 24.8 Å². The zero-order valence-corrected chi connectivity index (χ0v) is 13.3. The Bertz CT molecular complexity index is 593. The van der Waals surface area contributed by atoms with E-state index in [-0.39, 0.29) is 6.04 Å². The molecule has 0 saturated heterocycles. The molecule has 1 atom stereocenters. The summed E-state index contributed by atoms with van der Waals surface area (Å²) in [6.07, 6.45) is 2.48. The molecule has 116 valence electrons. The first-order valence-corrected chi connectivity index (χ1v) is 7.19. The molecule has 0 aliphatic heterocycles. The standard InChI is InChI=1S/C13H21ClN6O/c1-4-9-7-11(19(2)18-9)12(17-15)13-10(14)8-16-20(13)5-6-21-3/h7-8,12,17H,4-6,15H2,1-3H3. The third kappa shape index (κ3) is 3.26. The number of rotatable bonds is 7. The maximum absolute atomic E-state index is 6.29. The van der Waals surface area contributed by atoms with E-state index in [2.05, 4.69) is 22.5 Å². The molecule has 0 saturated carbocycles. The van der Waals surface area contributed by atoms with Crippen molar-refractivity contribution < 1.29 is 4.74 Å². The maximum Gasteiger partial charge on any atom is 0.106 e. The summed E-state index contributed by atoms with van der Waals surface area (Å²) in [5, 5.41) is 9.30. The van der Waals surface area contributed by atoms with Crippen molar-refractivity contribution >= 4 is 11.6 Å². The highest BCUT2D eigenvalue weighted by Crippen LogP contribution is 2.28. The van der Waals surface area contributed by atoms with Gasteiger partial charge in [-0.25, -0.2) is 5.43 Å². The number of hydrogen-bond acceptors (Lipinski definition) is 5. The number of aryl methyl sites for hydroxylation is 2. The van der Waals surface area contributed by atoms with Gasteiger partial charge in [0.05, 0.1) is 41.5 Å². The van der Waals surface area contributed by atoms with Crippen LogP contribution in [0.2, 0.25) is 5.02 Å². The van der Waals surface area contributed by atoms with Crippen LogP contribution in [0.15, 0.2) is 12.3 Å². The predicted molar refractivity (Wildman–Crippen MR) is 80.9 cm³/mol. The van der Waals surface area contributed by atoms with E-state index in [0.717, 1.165) is 23.5 Å². The van der Waals surface area contributed by atoms with Gasteiger partial charge in [0, 0.05) is 14.2 Å². The predicted octanol–water partition coefficient (Wildman–Crippen LogP) is 1.03. The Morgan fingerprint density at radius 1 is 1.52 bits per heavy atom. The number of methoxy groups -OCH3 is 1. The highest BCUT2D eigenvalue weighted by Gasteiger charge is 2.24. The number of halogens is 1. The van der Waals surface area contributed by atoms with E-state index < -0.39 is 0 Å². The molecular formula is C13H21ClN6O. The zero-order chi connectivity index (χ0) is 15.4. The summed E-state index contributed by atoms with van der Waals surface area (Å²) in [5.41, 5.74) is 5.56. The molecule has 0 radical (unpaired) electrons. The third-order valence-electron chi connectivity index (χ3n) is 3.41. The SMILES string of the molecule is CCc1cc(C(NN)c2c(Cl)cnn2CCOC)n(C)n1. The third-order valence-corrected chi connectivity index (χ3v) is 3.70. The average Bonchev–Trinajstić information content (AvgIpc) is 3.03. The Hall–Kier alpha value is -1.41. The highest BCUT2D eigenvalue weighted by molar-refractivity contribution is 6.31. The summed E-state index contributed by atoms with van der Waals surface area (Å²) in [6.45, 7) is 3.22. The molecule has 1 unspecified atom stereocenters. The van der Waals surface area contributed by atoms with Crippen LogP contribution in [0.25, 0.3) is 0 Å². The second-order valence-corrected chi connectivity index (χ2v) is 5.14. The van der Waals surface area contributed by atoms with Crippen LogP contribution < -0.4 is 11.3 Å². The summed E-state index contributed by atoms with van der Waals surface area (Å²) < 4.78 is 8.71. The van der Waals surface area contributed by atoms with Gasteiger partial charge in [-0.05, 0) is 12.5 Å². The maximum atomic E-state index is 6.29. The van der Waals surface area contributed by atoms with Crippen LogP contribution in [-0.4, -0.2) is 33.3 Å². The van der Waals surface area contributed by atoms with E-state index in [1.54, 1.807) is 18.0 Å². The Morgan fingerprint density at radius 2 is 2.29 bits per heavy atom. The molecule has 2 heterocycles. The molecule has 0 aromatic carbocycles. The molecule has 2 rings (SSSR count). The van der Waals surface area contributed by atoms with Crippen molar-refractivity contribution in [2.45, 2.75) is 25.9 Å². The Balaban J connectivity index is 2.40. The first kappa shape index (κ1) is 16.0. The molecule has 0 aliphatic carbocycles. The summed E-state index contributed by atoms with van der Waals surface area (Å²) in [4.78, 5) is 0. The summed E-state index contributed by atoms with van der Waals surface area (Å²) >= 11 is 6.29. The average molecular weight is 313 g/mol. The minimum absolute atomic E-state index is 0.283. The molecule has 0 aliphatic rings. The molecule has 8 heteroatoms. The van der Waals surface area contributed by atoms with Crippen molar-refractivity contribution in [2.75, 3.05) is 13.7 Å². The van der Waals surface area contributed by atoms with E-state index in [0.29, 0.717) is 18.2 Å². The lowest BCUT2D eigenvalue weighted by atomic mass is 10.1. The first-order valence-electron chi connectivity index (χ1n) is 6.81. The number of hydrogen-bond donors (Lipinski definition) is 2. The quantitative estimate of drug-likeness (QED) is 0.589. The van der Waals surface area contributed by atoms with Gasteiger partial charge in [-0.3, -0.25) is 15.2 Å². The fourth-order valence-corrected chi connectivity index (χ4v) is 2.56. The fraction of sp³-hybridized carbons (Fsp3) is 0.538. The second-order valence-electron chi connectivity index (χ2n) is 4.73. The van der Waals surface area contributed by atoms with Crippen molar-refractivity contribution in [3.63, 3.8) is 0 Å². The van der Waals surface area contributed by atoms with Gasteiger partial charge in [0.25, 0.3) is 0 Å². The summed E-state index contributed by atoms with van der Waals surface area (Å²) in [6, 6.07) is 1.74. The zero-order valence-electron chi connectivity index (χ0n) is 12.5. The Morgan fingerprint density at radius 3 is 2.86 bits per heavy atom. The monoisotopic (exact) mass is 312 g/mol. The Kier molecular flexibility index (Phi) is 5.35. The normalized spacial score (nSPS) is 12.8. The molecule has 7 nitrogen and oxygen atoms in total. The number of nitrogens with two attached hydrogens (primary N) is 1. The van der Waals surface area contributed by atoms with Crippen LogP contribution in [0.3, 0.4) is 0 Å². The lowest BCUT2D eigenvalue weighted by Gasteiger charge is -2.18. The van der Waals surface area contributed by atoms with Crippen LogP contribution in [0.4, 0.5) is 0 Å². The van der Waals surface area contributed by atoms with Crippen molar-refractivity contribution in [3.05, 3.63) is 34.4 Å². The number of aromatic nitrogens is 4. The van der Waals surface area contributed by atoms with Crippen molar-refractivity contribution in [2.24, 2.45) is 12.9 Å². The van der Waals surface area contributed by atoms with Gasteiger partial charge < -0.3 is 4.74 Å². The number of nitrogens with one attached hydrogen (secondary N) is 1. The van der Waals surface area contributed by atoms with E-state index in [9.17, 15) is 0 Å². The smallest absolute Gasteiger partial charge is 0.106 e. The van der Waals surface area contributed by atoms with Gasteiger partial charge >= 0.3 is 0 Å². The molecule has 2 aromatic heterocycles. The van der Waals surface area contributed by atoms with Gasteiger partial charge in [-0.1, -0.05) is 18.5 Å². The lowest BCUT2D eigenvalue weighted by Crippen LogP contribution is -2.32. The first-order chi connectivity index (χ1) is 10.1. The van der Waals surface area contributed by atoms with E-state index >= 15 is 0 Å². The number of nitrogens with zero attached hydrogens (tertiary/aromatic N) is 4. The molecule has 0 fully saturated rings. The van der Waals surface area contributed by atoms with Crippen molar-refractivity contribution in [1.29, 1.82) is 0 Å². The molecule has 3 N–H and O–H groups in total. The minimum atomic E-state index is -0.283. The fourth-order valence-electron chi connectivity index (χ4n) is 2.31. The molecule has 0 spiro atoms. The Labute approximate surface area is 129 Å². The van der Waals surface area contributed by atoms with Crippen LogP contribution >= 0.6 is 11.6 Å². The van der Waals surface area contributed by atoms with Crippen LogP contribution in [0.1, 0.15) is 30.0 Å². The summed E-state index contributed by atoms with van der Waals surface area (Å²) in [5.74, 6) is 5.76. The van der Waals surface area contributed by atoms with Crippen LogP contribution in [0, 0.1) is 0 Å². The molecule has 21 heavy (non-hydrogen) atoms. The number of hydrazine groups is 1. The minimum Gasteiger partial charge on any atom is -0.383 e. The number of ether oxygens (including phenoxy) is 1. The van der Waals surface area contributed by atoms with E-state index in [4.69, 9.17) is 22.2 Å². The van der Waals surface area contributed by atoms with Crippen molar-refractivity contribution in [3.8, 4) is 0 Å². The van der Waals surface area contributed by atoms with Gasteiger partial charge in [0.15, 0.2) is 0 Å². The molecule has 2 aromatic rings. The highest BCUT2D eigenvalue weighted by atomic mass is 35.5. The topological polar surface area (TPSA) is 82.9 Å². The largest absolute Gasteiger partial charge is 0.383 e. The molecule has 0 bridgehead atoms. The van der Waals surface area contributed by atoms with Gasteiger partial charge in [0.1, 0.15) is 6.04 Å². The van der Waals surface area contributed by atoms with Gasteiger partial charge in [-0.15, -0.1) is 0 Å². The van der Waals surface area contributed by atoms with Gasteiger partial charge in [0.2, 0.25) is 0 Å². The molecule has 0 amide bonds. The summed E-state index contributed by atoms with van der Waals surface area (Å²) in [7, 11) is 3.54. The van der Waals surface area contributed by atoms with Gasteiger partial charge in [-0.2, -0.15) is 10.2 Å². The van der Waals surface area contributed by atoms with E-state index in [1.807, 2.05) is 17.8 Å². The molecular weight excluding hydrogens is 292 g/mol.